The maximum absolute atomic E-state index is 11.9. The number of carbonyl (C=O) groups excluding carboxylic acids is 2. The number of methoxy groups -OCH3 is 1. The van der Waals surface area contributed by atoms with Gasteiger partial charge in [0, 0.05) is 18.2 Å². The summed E-state index contributed by atoms with van der Waals surface area (Å²) >= 11 is 0. The largest absolute Gasteiger partial charge is 0.497 e. The molecule has 1 aromatic carbocycles. The SMILES string of the molecule is COc1ccc(CC(=O)c2c[nH]c(C=O)c2)cc1. The summed E-state index contributed by atoms with van der Waals surface area (Å²) in [5, 5.41) is 0. The number of H-pyrrole nitrogens is 1. The molecule has 1 aromatic heterocycles. The van der Waals surface area contributed by atoms with Crippen LogP contribution in [0.2, 0.25) is 0 Å². The van der Waals surface area contributed by atoms with Crippen LogP contribution in [0.4, 0.5) is 0 Å². The number of rotatable bonds is 5. The Kier molecular flexibility index (Phi) is 3.57. The first-order valence-corrected chi connectivity index (χ1v) is 5.52. The molecule has 0 amide bonds. The Balaban J connectivity index is 2.08. The molecule has 1 N–H and O–H groups in total. The van der Waals surface area contributed by atoms with E-state index in [0.717, 1.165) is 11.3 Å². The number of hydrogen-bond acceptors (Lipinski definition) is 3. The molecule has 4 nitrogen and oxygen atoms in total. The Morgan fingerprint density at radius 3 is 2.61 bits per heavy atom. The molecule has 18 heavy (non-hydrogen) atoms. The van der Waals surface area contributed by atoms with Gasteiger partial charge < -0.3 is 9.72 Å². The first-order valence-electron chi connectivity index (χ1n) is 5.52. The van der Waals surface area contributed by atoms with E-state index in [0.29, 0.717) is 24.0 Å². The van der Waals surface area contributed by atoms with Crippen molar-refractivity contribution in [2.45, 2.75) is 6.42 Å². The lowest BCUT2D eigenvalue weighted by atomic mass is 10.1. The molecule has 0 aliphatic heterocycles. The van der Waals surface area contributed by atoms with E-state index in [1.165, 1.54) is 0 Å². The fourth-order valence-electron chi connectivity index (χ4n) is 1.67. The van der Waals surface area contributed by atoms with Crippen LogP contribution in [0.5, 0.6) is 5.75 Å². The molecule has 1 heterocycles. The molecule has 0 aliphatic rings. The van der Waals surface area contributed by atoms with E-state index in [-0.39, 0.29) is 5.78 Å². The van der Waals surface area contributed by atoms with Crippen LogP contribution >= 0.6 is 0 Å². The third-order valence-electron chi connectivity index (χ3n) is 2.68. The monoisotopic (exact) mass is 243 g/mol. The lowest BCUT2D eigenvalue weighted by Gasteiger charge is -2.02. The van der Waals surface area contributed by atoms with E-state index >= 15 is 0 Å². The second-order valence-corrected chi connectivity index (χ2v) is 3.91. The van der Waals surface area contributed by atoms with E-state index in [2.05, 4.69) is 4.98 Å². The molecule has 2 aromatic rings. The van der Waals surface area contributed by atoms with E-state index in [1.54, 1.807) is 19.4 Å². The summed E-state index contributed by atoms with van der Waals surface area (Å²) in [4.78, 5) is 25.2. The highest BCUT2D eigenvalue weighted by Crippen LogP contribution is 2.13. The molecule has 0 spiro atoms. The van der Waals surface area contributed by atoms with Crippen molar-refractivity contribution in [1.82, 2.24) is 4.98 Å². The summed E-state index contributed by atoms with van der Waals surface area (Å²) in [6, 6.07) is 8.89. The van der Waals surface area contributed by atoms with Crippen molar-refractivity contribution in [3.63, 3.8) is 0 Å². The number of ether oxygens (including phenoxy) is 1. The highest BCUT2D eigenvalue weighted by molar-refractivity contribution is 5.98. The van der Waals surface area contributed by atoms with Crippen molar-refractivity contribution in [2.75, 3.05) is 7.11 Å². The molecular formula is C14H13NO3. The highest BCUT2D eigenvalue weighted by Gasteiger charge is 2.09. The Bertz CT molecular complexity index is 555. The fraction of sp³-hybridized carbons (Fsp3) is 0.143. The molecule has 0 fully saturated rings. The molecule has 0 atom stereocenters. The molecule has 0 aliphatic carbocycles. The molecular weight excluding hydrogens is 230 g/mol. The minimum Gasteiger partial charge on any atom is -0.497 e. The second kappa shape index (κ2) is 5.31. The van der Waals surface area contributed by atoms with Gasteiger partial charge in [-0.3, -0.25) is 9.59 Å². The van der Waals surface area contributed by atoms with Crippen LogP contribution in [-0.4, -0.2) is 24.2 Å². The van der Waals surface area contributed by atoms with Crippen LogP contribution in [0.1, 0.15) is 26.4 Å². The van der Waals surface area contributed by atoms with Crippen molar-refractivity contribution in [3.05, 3.63) is 53.3 Å². The van der Waals surface area contributed by atoms with E-state index < -0.39 is 0 Å². The minimum atomic E-state index is -0.0236. The molecule has 92 valence electrons. The van der Waals surface area contributed by atoms with Crippen molar-refractivity contribution < 1.29 is 14.3 Å². The zero-order valence-corrected chi connectivity index (χ0v) is 9.97. The van der Waals surface area contributed by atoms with Gasteiger partial charge >= 0.3 is 0 Å². The summed E-state index contributed by atoms with van der Waals surface area (Å²) in [5.41, 5.74) is 1.84. The fourth-order valence-corrected chi connectivity index (χ4v) is 1.67. The quantitative estimate of drug-likeness (QED) is 0.647. The normalized spacial score (nSPS) is 10.1. The number of aldehydes is 1. The maximum Gasteiger partial charge on any atom is 0.168 e. The van der Waals surface area contributed by atoms with Crippen molar-refractivity contribution >= 4 is 12.1 Å². The van der Waals surface area contributed by atoms with Gasteiger partial charge in [0.1, 0.15) is 5.75 Å². The third kappa shape index (κ3) is 2.66. The third-order valence-corrected chi connectivity index (χ3v) is 2.68. The average molecular weight is 243 g/mol. The average Bonchev–Trinajstić information content (AvgIpc) is 2.88. The van der Waals surface area contributed by atoms with Crippen LogP contribution < -0.4 is 4.74 Å². The van der Waals surface area contributed by atoms with E-state index in [9.17, 15) is 9.59 Å². The smallest absolute Gasteiger partial charge is 0.168 e. The summed E-state index contributed by atoms with van der Waals surface area (Å²) in [5.74, 6) is 0.737. The number of aromatic nitrogens is 1. The summed E-state index contributed by atoms with van der Waals surface area (Å²) in [6.45, 7) is 0. The molecule has 0 unspecified atom stereocenters. The number of carbonyl (C=O) groups is 2. The van der Waals surface area contributed by atoms with Crippen molar-refractivity contribution in [3.8, 4) is 5.75 Å². The predicted octanol–water partition coefficient (Wildman–Crippen LogP) is 2.26. The summed E-state index contributed by atoms with van der Waals surface area (Å²) < 4.78 is 5.05. The molecule has 0 saturated heterocycles. The second-order valence-electron chi connectivity index (χ2n) is 3.91. The van der Waals surface area contributed by atoms with Gasteiger partial charge in [-0.05, 0) is 23.8 Å². The van der Waals surface area contributed by atoms with Gasteiger partial charge in [-0.25, -0.2) is 0 Å². The minimum absolute atomic E-state index is 0.0236. The topological polar surface area (TPSA) is 59.2 Å². The van der Waals surface area contributed by atoms with Gasteiger partial charge in [-0.1, -0.05) is 12.1 Å². The van der Waals surface area contributed by atoms with Crippen LogP contribution in [0.3, 0.4) is 0 Å². The zero-order chi connectivity index (χ0) is 13.0. The summed E-state index contributed by atoms with van der Waals surface area (Å²) in [6.07, 6.45) is 2.54. The van der Waals surface area contributed by atoms with Gasteiger partial charge in [0.25, 0.3) is 0 Å². The number of ketones is 1. The lowest BCUT2D eigenvalue weighted by molar-refractivity contribution is 0.0993. The number of hydrogen-bond donors (Lipinski definition) is 1. The van der Waals surface area contributed by atoms with Crippen LogP contribution in [0.25, 0.3) is 0 Å². The van der Waals surface area contributed by atoms with Gasteiger partial charge in [-0.15, -0.1) is 0 Å². The first kappa shape index (κ1) is 12.1. The summed E-state index contributed by atoms with van der Waals surface area (Å²) in [7, 11) is 1.60. The highest BCUT2D eigenvalue weighted by atomic mass is 16.5. The number of nitrogens with one attached hydrogen (secondary N) is 1. The van der Waals surface area contributed by atoms with E-state index in [1.807, 2.05) is 24.3 Å². The Labute approximate surface area is 105 Å². The van der Waals surface area contributed by atoms with Gasteiger partial charge in [0.15, 0.2) is 12.1 Å². The lowest BCUT2D eigenvalue weighted by Crippen LogP contribution is -2.02. The maximum atomic E-state index is 11.9. The van der Waals surface area contributed by atoms with E-state index in [4.69, 9.17) is 4.74 Å². The Hall–Kier alpha value is -2.36. The van der Waals surface area contributed by atoms with Crippen LogP contribution in [-0.2, 0) is 6.42 Å². The number of aromatic amines is 1. The standard InChI is InChI=1S/C14H13NO3/c1-18-13-4-2-10(3-5-13)6-14(17)11-7-12(9-16)15-8-11/h2-5,7-9,15H,6H2,1H3. The molecule has 0 radical (unpaired) electrons. The number of Topliss-reactive ketones (excluding diaryl/α,β-unsaturated/α-hetero) is 1. The van der Waals surface area contributed by atoms with Crippen molar-refractivity contribution in [1.29, 1.82) is 0 Å². The van der Waals surface area contributed by atoms with Gasteiger partial charge in [-0.2, -0.15) is 0 Å². The van der Waals surface area contributed by atoms with Crippen LogP contribution in [0.15, 0.2) is 36.5 Å². The molecule has 4 heteroatoms. The van der Waals surface area contributed by atoms with Crippen LogP contribution in [0, 0.1) is 0 Å². The van der Waals surface area contributed by atoms with Gasteiger partial charge in [0.05, 0.1) is 12.8 Å². The Morgan fingerprint density at radius 1 is 1.33 bits per heavy atom. The number of benzene rings is 1. The predicted molar refractivity (Wildman–Crippen MR) is 67.2 cm³/mol. The molecule has 0 saturated carbocycles. The molecule has 0 bridgehead atoms. The van der Waals surface area contributed by atoms with Gasteiger partial charge in [0.2, 0.25) is 0 Å². The Morgan fingerprint density at radius 2 is 2.06 bits per heavy atom. The zero-order valence-electron chi connectivity index (χ0n) is 9.97. The molecule has 2 rings (SSSR count). The first-order chi connectivity index (χ1) is 8.72. The van der Waals surface area contributed by atoms with Crippen molar-refractivity contribution in [2.24, 2.45) is 0 Å².